The number of alkyl halides is 3. The molecule has 6 nitrogen and oxygen atoms in total. The third kappa shape index (κ3) is 2.13. The first-order chi connectivity index (χ1) is 7.89. The Morgan fingerprint density at radius 2 is 2.18 bits per heavy atom. The van der Waals surface area contributed by atoms with Crippen LogP contribution in [-0.2, 0) is 13.2 Å². The normalized spacial score (nSPS) is 13.9. The molecule has 2 N–H and O–H groups in total. The van der Waals surface area contributed by atoms with Gasteiger partial charge in [-0.1, -0.05) is 5.16 Å². The smallest absolute Gasteiger partial charge is 0.336 e. The molecule has 9 heteroatoms. The van der Waals surface area contributed by atoms with Gasteiger partial charge in [0.1, 0.15) is 6.04 Å². The maximum atomic E-state index is 12.2. The summed E-state index contributed by atoms with van der Waals surface area (Å²) in [5.41, 5.74) is 6.19. The van der Waals surface area contributed by atoms with Crippen molar-refractivity contribution in [2.45, 2.75) is 12.2 Å². The van der Waals surface area contributed by atoms with Gasteiger partial charge < -0.3 is 14.8 Å². The molecule has 0 spiro atoms. The van der Waals surface area contributed by atoms with Gasteiger partial charge in [0.2, 0.25) is 0 Å². The number of halogens is 3. The van der Waals surface area contributed by atoms with E-state index in [0.29, 0.717) is 5.69 Å². The highest BCUT2D eigenvalue weighted by Crippen LogP contribution is 2.28. The largest absolute Gasteiger partial charge is 0.471 e. The van der Waals surface area contributed by atoms with E-state index in [1.54, 1.807) is 11.6 Å². The van der Waals surface area contributed by atoms with Gasteiger partial charge in [-0.2, -0.15) is 18.2 Å². The van der Waals surface area contributed by atoms with E-state index in [1.807, 2.05) is 0 Å². The molecule has 0 fully saturated rings. The number of hydrogen-bond donors (Lipinski definition) is 1. The molecule has 2 rings (SSSR count). The summed E-state index contributed by atoms with van der Waals surface area (Å²) in [4.78, 5) is 7.01. The Morgan fingerprint density at radius 1 is 1.47 bits per heavy atom. The highest BCUT2D eigenvalue weighted by Gasteiger charge is 2.39. The lowest BCUT2D eigenvalue weighted by atomic mass is 10.2. The molecule has 2 heterocycles. The summed E-state index contributed by atoms with van der Waals surface area (Å²) >= 11 is 0. The number of aromatic nitrogens is 4. The molecule has 0 aliphatic carbocycles. The second-order valence-corrected chi connectivity index (χ2v) is 3.36. The van der Waals surface area contributed by atoms with Crippen LogP contribution in [0, 0.1) is 0 Å². The van der Waals surface area contributed by atoms with Crippen LogP contribution in [-0.4, -0.2) is 19.7 Å². The number of imidazole rings is 1. The average molecular weight is 247 g/mol. The van der Waals surface area contributed by atoms with Crippen molar-refractivity contribution in [3.05, 3.63) is 29.9 Å². The van der Waals surface area contributed by atoms with E-state index in [-0.39, 0.29) is 5.82 Å². The number of hydrogen-bond acceptors (Lipinski definition) is 5. The van der Waals surface area contributed by atoms with Crippen molar-refractivity contribution >= 4 is 0 Å². The molecular weight excluding hydrogens is 239 g/mol. The van der Waals surface area contributed by atoms with Crippen molar-refractivity contribution in [2.75, 3.05) is 0 Å². The summed E-state index contributed by atoms with van der Waals surface area (Å²) < 4.78 is 42.4. The van der Waals surface area contributed by atoms with Crippen molar-refractivity contribution in [3.63, 3.8) is 0 Å². The second kappa shape index (κ2) is 3.84. The summed E-state index contributed by atoms with van der Waals surface area (Å²) in [7, 11) is 1.66. The van der Waals surface area contributed by atoms with Crippen LogP contribution in [0.4, 0.5) is 13.2 Å². The van der Waals surface area contributed by atoms with Gasteiger partial charge in [-0.15, -0.1) is 0 Å². The standard InChI is InChI=1S/C8H8F3N5O/c1-16-3-13-2-4(16)5(12)6-14-7(17-15-6)8(9,10)11/h2-3,5H,12H2,1H3. The highest BCUT2D eigenvalue weighted by molar-refractivity contribution is 5.14. The molecule has 0 saturated heterocycles. The fraction of sp³-hybridized carbons (Fsp3) is 0.375. The maximum Gasteiger partial charge on any atom is 0.471 e. The third-order valence-corrected chi connectivity index (χ3v) is 2.13. The zero-order chi connectivity index (χ0) is 12.6. The van der Waals surface area contributed by atoms with E-state index in [4.69, 9.17) is 5.73 Å². The van der Waals surface area contributed by atoms with Gasteiger partial charge >= 0.3 is 12.1 Å². The Morgan fingerprint density at radius 3 is 2.65 bits per heavy atom. The second-order valence-electron chi connectivity index (χ2n) is 3.36. The van der Waals surface area contributed by atoms with Gasteiger partial charge in [-0.25, -0.2) is 4.98 Å². The first-order valence-corrected chi connectivity index (χ1v) is 4.52. The van der Waals surface area contributed by atoms with Crippen LogP contribution in [0.3, 0.4) is 0 Å². The molecule has 0 aliphatic heterocycles. The van der Waals surface area contributed by atoms with Gasteiger partial charge in [0, 0.05) is 7.05 Å². The molecule has 0 aliphatic rings. The molecular formula is C8H8F3N5O. The van der Waals surface area contributed by atoms with Gasteiger partial charge in [-0.05, 0) is 0 Å². The van der Waals surface area contributed by atoms with Gasteiger partial charge in [0.15, 0.2) is 5.82 Å². The SMILES string of the molecule is Cn1cncc1C(N)c1noc(C(F)(F)F)n1. The Labute approximate surface area is 93.2 Å². The third-order valence-electron chi connectivity index (χ3n) is 2.13. The number of aryl methyl sites for hydroxylation is 1. The molecule has 1 atom stereocenters. The van der Waals surface area contributed by atoms with Crippen molar-refractivity contribution in [1.29, 1.82) is 0 Å². The molecule has 17 heavy (non-hydrogen) atoms. The summed E-state index contributed by atoms with van der Waals surface area (Å²) in [5, 5.41) is 3.21. The van der Waals surface area contributed by atoms with E-state index in [0.717, 1.165) is 0 Å². The Bertz CT molecular complexity index is 517. The molecule has 1 unspecified atom stereocenters. The first-order valence-electron chi connectivity index (χ1n) is 4.52. The van der Waals surface area contributed by atoms with Crippen LogP contribution >= 0.6 is 0 Å². The molecule has 0 saturated carbocycles. The topological polar surface area (TPSA) is 82.8 Å². The van der Waals surface area contributed by atoms with Crippen LogP contribution in [0.2, 0.25) is 0 Å². The van der Waals surface area contributed by atoms with Crippen LogP contribution in [0.1, 0.15) is 23.5 Å². The molecule has 2 aromatic heterocycles. The lowest BCUT2D eigenvalue weighted by Gasteiger charge is -2.06. The van der Waals surface area contributed by atoms with E-state index >= 15 is 0 Å². The number of nitrogens with two attached hydrogens (primary N) is 1. The van der Waals surface area contributed by atoms with Crippen molar-refractivity contribution < 1.29 is 17.7 Å². The fourth-order valence-electron chi connectivity index (χ4n) is 1.28. The minimum Gasteiger partial charge on any atom is -0.336 e. The number of nitrogens with zero attached hydrogens (tertiary/aromatic N) is 4. The first kappa shape index (κ1) is 11.6. The fourth-order valence-corrected chi connectivity index (χ4v) is 1.28. The van der Waals surface area contributed by atoms with Crippen molar-refractivity contribution in [2.24, 2.45) is 12.8 Å². The lowest BCUT2D eigenvalue weighted by Crippen LogP contribution is -2.17. The predicted molar refractivity (Wildman–Crippen MR) is 48.5 cm³/mol. The minimum absolute atomic E-state index is 0.235. The molecule has 0 radical (unpaired) electrons. The summed E-state index contributed by atoms with van der Waals surface area (Å²) in [6.45, 7) is 0. The Balaban J connectivity index is 2.30. The monoisotopic (exact) mass is 247 g/mol. The van der Waals surface area contributed by atoms with E-state index < -0.39 is 18.1 Å². The van der Waals surface area contributed by atoms with Crippen LogP contribution in [0.25, 0.3) is 0 Å². The maximum absolute atomic E-state index is 12.2. The average Bonchev–Trinajstić information content (AvgIpc) is 2.83. The zero-order valence-corrected chi connectivity index (χ0v) is 8.64. The van der Waals surface area contributed by atoms with Gasteiger partial charge in [-0.3, -0.25) is 0 Å². The Kier molecular flexibility index (Phi) is 2.62. The summed E-state index contributed by atoms with van der Waals surface area (Å²) in [6, 6.07) is -0.914. The lowest BCUT2D eigenvalue weighted by molar-refractivity contribution is -0.159. The van der Waals surface area contributed by atoms with E-state index in [1.165, 1.54) is 12.5 Å². The highest BCUT2D eigenvalue weighted by atomic mass is 19.4. The summed E-state index contributed by atoms with van der Waals surface area (Å²) in [6.07, 6.45) is -1.77. The van der Waals surface area contributed by atoms with Crippen LogP contribution in [0.5, 0.6) is 0 Å². The predicted octanol–water partition coefficient (Wildman–Crippen LogP) is 0.870. The van der Waals surface area contributed by atoms with Crippen LogP contribution < -0.4 is 5.73 Å². The minimum atomic E-state index is -4.67. The van der Waals surface area contributed by atoms with Crippen molar-refractivity contribution in [3.8, 4) is 0 Å². The summed E-state index contributed by atoms with van der Waals surface area (Å²) in [5.74, 6) is -1.65. The van der Waals surface area contributed by atoms with Crippen LogP contribution in [0.15, 0.2) is 17.0 Å². The van der Waals surface area contributed by atoms with Crippen molar-refractivity contribution in [1.82, 2.24) is 19.7 Å². The quantitative estimate of drug-likeness (QED) is 0.851. The van der Waals surface area contributed by atoms with Gasteiger partial charge in [0.25, 0.3) is 0 Å². The molecule has 0 amide bonds. The molecule has 92 valence electrons. The molecule has 0 bridgehead atoms. The van der Waals surface area contributed by atoms with Gasteiger partial charge in [0.05, 0.1) is 18.2 Å². The Hall–Kier alpha value is -1.90. The molecule has 0 aromatic carbocycles. The zero-order valence-electron chi connectivity index (χ0n) is 8.64. The number of rotatable bonds is 2. The van der Waals surface area contributed by atoms with E-state index in [9.17, 15) is 13.2 Å². The van der Waals surface area contributed by atoms with E-state index in [2.05, 4.69) is 19.6 Å². The molecule has 2 aromatic rings.